The van der Waals surface area contributed by atoms with Gasteiger partial charge >= 0.3 is 0 Å². The van der Waals surface area contributed by atoms with Crippen molar-refractivity contribution < 1.29 is 5.11 Å². The van der Waals surface area contributed by atoms with Crippen molar-refractivity contribution in [1.82, 2.24) is 0 Å². The van der Waals surface area contributed by atoms with Crippen LogP contribution in [0.4, 0.5) is 0 Å². The average Bonchev–Trinajstić information content (AvgIpc) is 2.40. The summed E-state index contributed by atoms with van der Waals surface area (Å²) >= 11 is 0. The van der Waals surface area contributed by atoms with Crippen LogP contribution in [0.3, 0.4) is 0 Å². The summed E-state index contributed by atoms with van der Waals surface area (Å²) in [5, 5.41) is 9.47. The van der Waals surface area contributed by atoms with E-state index in [1.165, 1.54) is 16.7 Å². The molecule has 0 radical (unpaired) electrons. The smallest absolute Gasteiger partial charge is 0.0687 e. The Morgan fingerprint density at radius 1 is 0.889 bits per heavy atom. The molecular formula is C17H18O. The summed E-state index contributed by atoms with van der Waals surface area (Å²) in [7, 11) is 0. The van der Waals surface area contributed by atoms with Gasteiger partial charge in [-0.05, 0) is 36.1 Å². The van der Waals surface area contributed by atoms with Crippen molar-refractivity contribution in [1.29, 1.82) is 0 Å². The summed E-state index contributed by atoms with van der Waals surface area (Å²) in [5.41, 5.74) is 5.74. The highest BCUT2D eigenvalue weighted by molar-refractivity contribution is 5.83. The largest absolute Gasteiger partial charge is 0.392 e. The summed E-state index contributed by atoms with van der Waals surface area (Å²) in [6.45, 7) is 4.28. The summed E-state index contributed by atoms with van der Waals surface area (Å²) in [4.78, 5) is 0. The minimum Gasteiger partial charge on any atom is -0.392 e. The number of allylic oxidation sites excluding steroid dienone is 1. The van der Waals surface area contributed by atoms with Gasteiger partial charge in [0.1, 0.15) is 0 Å². The highest BCUT2D eigenvalue weighted by Gasteiger charge is 2.10. The first kappa shape index (κ1) is 12.6. The van der Waals surface area contributed by atoms with Crippen molar-refractivity contribution in [3.63, 3.8) is 0 Å². The van der Waals surface area contributed by atoms with Crippen LogP contribution >= 0.6 is 0 Å². The number of hydrogen-bond acceptors (Lipinski definition) is 1. The van der Waals surface area contributed by atoms with E-state index in [2.05, 4.69) is 32.0 Å². The molecule has 2 aromatic rings. The van der Waals surface area contributed by atoms with Gasteiger partial charge < -0.3 is 5.11 Å². The van der Waals surface area contributed by atoms with Gasteiger partial charge in [0.15, 0.2) is 0 Å². The van der Waals surface area contributed by atoms with E-state index in [4.69, 9.17) is 0 Å². The van der Waals surface area contributed by atoms with Gasteiger partial charge in [-0.1, -0.05) is 60.2 Å². The molecule has 0 aliphatic heterocycles. The molecule has 0 unspecified atom stereocenters. The number of rotatable bonds is 3. The first-order valence-electron chi connectivity index (χ1n) is 6.16. The molecule has 2 aromatic carbocycles. The maximum absolute atomic E-state index is 9.47. The second-order valence-corrected chi connectivity index (χ2v) is 4.56. The molecule has 92 valence electrons. The zero-order valence-electron chi connectivity index (χ0n) is 10.9. The zero-order chi connectivity index (χ0) is 13.0. The Labute approximate surface area is 108 Å². The molecule has 0 amide bonds. The Hall–Kier alpha value is -1.86. The first-order valence-corrected chi connectivity index (χ1v) is 6.16. The lowest BCUT2D eigenvalue weighted by Crippen LogP contribution is -1.96. The lowest BCUT2D eigenvalue weighted by Gasteiger charge is -2.14. The highest BCUT2D eigenvalue weighted by Crippen LogP contribution is 2.29. The van der Waals surface area contributed by atoms with Gasteiger partial charge in [-0.3, -0.25) is 0 Å². The predicted molar refractivity (Wildman–Crippen MR) is 76.2 cm³/mol. The third-order valence-corrected chi connectivity index (χ3v) is 3.02. The van der Waals surface area contributed by atoms with Crippen LogP contribution in [0.15, 0.2) is 60.2 Å². The van der Waals surface area contributed by atoms with E-state index >= 15 is 0 Å². The number of aliphatic hydroxyl groups excluding tert-OH is 1. The standard InChI is InChI=1S/C17H18O/c1-13(2)17(14-8-4-3-5-9-14)16-11-7-6-10-15(16)12-18/h3-11,18H,12H2,1-2H3. The maximum atomic E-state index is 9.47. The van der Waals surface area contributed by atoms with Crippen LogP contribution in [0.1, 0.15) is 30.5 Å². The van der Waals surface area contributed by atoms with E-state index in [-0.39, 0.29) is 6.61 Å². The molecule has 1 heteroatoms. The highest BCUT2D eigenvalue weighted by atomic mass is 16.3. The molecule has 0 aliphatic carbocycles. The summed E-state index contributed by atoms with van der Waals surface area (Å²) < 4.78 is 0. The van der Waals surface area contributed by atoms with Crippen LogP contribution in [0.25, 0.3) is 5.57 Å². The van der Waals surface area contributed by atoms with E-state index < -0.39 is 0 Å². The quantitative estimate of drug-likeness (QED) is 0.856. The Morgan fingerprint density at radius 3 is 2.11 bits per heavy atom. The van der Waals surface area contributed by atoms with Gasteiger partial charge in [0.25, 0.3) is 0 Å². The monoisotopic (exact) mass is 238 g/mol. The van der Waals surface area contributed by atoms with Crippen LogP contribution in [0.5, 0.6) is 0 Å². The molecule has 0 heterocycles. The lowest BCUT2D eigenvalue weighted by atomic mass is 9.91. The van der Waals surface area contributed by atoms with E-state index in [9.17, 15) is 5.11 Å². The molecule has 0 aliphatic rings. The van der Waals surface area contributed by atoms with Crippen LogP contribution in [-0.4, -0.2) is 5.11 Å². The fourth-order valence-electron chi connectivity index (χ4n) is 2.22. The molecule has 1 nitrogen and oxygen atoms in total. The van der Waals surface area contributed by atoms with Crippen molar-refractivity contribution in [2.24, 2.45) is 0 Å². The van der Waals surface area contributed by atoms with Crippen molar-refractivity contribution in [3.8, 4) is 0 Å². The molecule has 0 fully saturated rings. The van der Waals surface area contributed by atoms with Crippen LogP contribution in [0, 0.1) is 0 Å². The third-order valence-electron chi connectivity index (χ3n) is 3.02. The molecule has 0 spiro atoms. The molecule has 18 heavy (non-hydrogen) atoms. The molecular weight excluding hydrogens is 220 g/mol. The van der Waals surface area contributed by atoms with Crippen LogP contribution in [0.2, 0.25) is 0 Å². The summed E-state index contributed by atoms with van der Waals surface area (Å²) in [6, 6.07) is 18.3. The SMILES string of the molecule is CC(C)=C(c1ccccc1)c1ccccc1CO. The first-order chi connectivity index (χ1) is 8.74. The topological polar surface area (TPSA) is 20.2 Å². The molecule has 0 aromatic heterocycles. The number of aliphatic hydroxyl groups is 1. The van der Waals surface area contributed by atoms with Gasteiger partial charge in [-0.2, -0.15) is 0 Å². The van der Waals surface area contributed by atoms with Gasteiger partial charge in [0.2, 0.25) is 0 Å². The predicted octanol–water partition coefficient (Wildman–Crippen LogP) is 4.02. The van der Waals surface area contributed by atoms with Crippen LogP contribution < -0.4 is 0 Å². The fraction of sp³-hybridized carbons (Fsp3) is 0.176. The van der Waals surface area contributed by atoms with Crippen LogP contribution in [-0.2, 0) is 6.61 Å². The fourth-order valence-corrected chi connectivity index (χ4v) is 2.22. The van der Waals surface area contributed by atoms with Crippen molar-refractivity contribution in [3.05, 3.63) is 76.9 Å². The van der Waals surface area contributed by atoms with E-state index in [1.807, 2.05) is 36.4 Å². The summed E-state index contributed by atoms with van der Waals surface area (Å²) in [5.74, 6) is 0. The third kappa shape index (κ3) is 2.52. The van der Waals surface area contributed by atoms with Gasteiger partial charge in [0.05, 0.1) is 6.61 Å². The molecule has 0 atom stereocenters. The molecule has 2 rings (SSSR count). The van der Waals surface area contributed by atoms with Gasteiger partial charge in [-0.15, -0.1) is 0 Å². The Kier molecular flexibility index (Phi) is 3.96. The van der Waals surface area contributed by atoms with Gasteiger partial charge in [0, 0.05) is 0 Å². The van der Waals surface area contributed by atoms with Gasteiger partial charge in [-0.25, -0.2) is 0 Å². The van der Waals surface area contributed by atoms with E-state index in [0.717, 1.165) is 11.1 Å². The maximum Gasteiger partial charge on any atom is 0.0687 e. The Morgan fingerprint density at radius 2 is 1.50 bits per heavy atom. The molecule has 0 bridgehead atoms. The van der Waals surface area contributed by atoms with E-state index in [1.54, 1.807) is 0 Å². The van der Waals surface area contributed by atoms with Crippen molar-refractivity contribution in [2.75, 3.05) is 0 Å². The average molecular weight is 238 g/mol. The number of hydrogen-bond donors (Lipinski definition) is 1. The van der Waals surface area contributed by atoms with Crippen molar-refractivity contribution in [2.45, 2.75) is 20.5 Å². The second kappa shape index (κ2) is 5.65. The second-order valence-electron chi connectivity index (χ2n) is 4.56. The lowest BCUT2D eigenvalue weighted by molar-refractivity contribution is 0.281. The number of benzene rings is 2. The van der Waals surface area contributed by atoms with Crippen molar-refractivity contribution >= 4 is 5.57 Å². The summed E-state index contributed by atoms with van der Waals surface area (Å²) in [6.07, 6.45) is 0. The minimum atomic E-state index is 0.0692. The Bertz CT molecular complexity index is 549. The molecule has 0 saturated heterocycles. The molecule has 0 saturated carbocycles. The Balaban J connectivity index is 2.61. The zero-order valence-corrected chi connectivity index (χ0v) is 10.9. The molecule has 1 N–H and O–H groups in total. The van der Waals surface area contributed by atoms with E-state index in [0.29, 0.717) is 0 Å². The normalized spacial score (nSPS) is 10.2. The minimum absolute atomic E-state index is 0.0692.